The molecule has 2 amide bonds. The third kappa shape index (κ3) is 4.62. The number of carbonyl (C=O) groups excluding carboxylic acids is 2. The van der Waals surface area contributed by atoms with Gasteiger partial charge in [0.2, 0.25) is 11.8 Å². The summed E-state index contributed by atoms with van der Waals surface area (Å²) in [5.41, 5.74) is 1.77. The van der Waals surface area contributed by atoms with Crippen molar-refractivity contribution in [1.29, 1.82) is 0 Å². The van der Waals surface area contributed by atoms with Crippen molar-refractivity contribution in [2.45, 2.75) is 19.4 Å². The van der Waals surface area contributed by atoms with E-state index in [4.69, 9.17) is 4.74 Å². The SMILES string of the molecule is CNCCCC(=O)Nc1ccc2c(ccn2CC(=O)N2CCOCC2)c1. The summed E-state index contributed by atoms with van der Waals surface area (Å²) in [6.07, 6.45) is 3.22. The summed E-state index contributed by atoms with van der Waals surface area (Å²) in [5.74, 6) is 0.120. The Morgan fingerprint density at radius 3 is 2.77 bits per heavy atom. The lowest BCUT2D eigenvalue weighted by Crippen LogP contribution is -2.42. The molecule has 0 saturated carbocycles. The number of hydrogen-bond acceptors (Lipinski definition) is 4. The Kier molecular flexibility index (Phi) is 6.25. The van der Waals surface area contributed by atoms with Crippen LogP contribution in [0.1, 0.15) is 12.8 Å². The number of rotatable bonds is 7. The summed E-state index contributed by atoms with van der Waals surface area (Å²) >= 11 is 0. The molecule has 0 aliphatic carbocycles. The number of amides is 2. The van der Waals surface area contributed by atoms with Gasteiger partial charge in [-0.05, 0) is 44.3 Å². The van der Waals surface area contributed by atoms with Crippen LogP contribution < -0.4 is 10.6 Å². The average Bonchev–Trinajstić information content (AvgIpc) is 3.04. The van der Waals surface area contributed by atoms with Crippen LogP contribution >= 0.6 is 0 Å². The monoisotopic (exact) mass is 358 g/mol. The first kappa shape index (κ1) is 18.4. The zero-order valence-corrected chi connectivity index (χ0v) is 15.2. The Labute approximate surface area is 153 Å². The Hall–Kier alpha value is -2.38. The van der Waals surface area contributed by atoms with Gasteiger partial charge < -0.3 is 24.8 Å². The van der Waals surface area contributed by atoms with E-state index in [0.29, 0.717) is 39.3 Å². The van der Waals surface area contributed by atoms with E-state index in [1.807, 2.05) is 47.0 Å². The molecule has 2 aromatic rings. The molecule has 7 nitrogen and oxygen atoms in total. The minimum absolute atomic E-state index is 0.0153. The van der Waals surface area contributed by atoms with Crippen LogP contribution in [0.2, 0.25) is 0 Å². The van der Waals surface area contributed by atoms with E-state index in [0.717, 1.165) is 29.6 Å². The number of morpholine rings is 1. The van der Waals surface area contributed by atoms with Gasteiger partial charge in [0.1, 0.15) is 6.54 Å². The maximum absolute atomic E-state index is 12.4. The number of ether oxygens (including phenoxy) is 1. The van der Waals surface area contributed by atoms with Crippen LogP contribution in [0.4, 0.5) is 5.69 Å². The molecule has 1 fully saturated rings. The molecular formula is C19H26N4O3. The summed E-state index contributed by atoms with van der Waals surface area (Å²) in [5, 5.41) is 6.97. The van der Waals surface area contributed by atoms with Crippen LogP contribution in [0.5, 0.6) is 0 Å². The second-order valence-electron chi connectivity index (χ2n) is 6.47. The standard InChI is InChI=1S/C19H26N4O3/c1-20-7-2-3-18(24)21-16-4-5-17-15(13-16)6-8-23(17)14-19(25)22-9-11-26-12-10-22/h4-6,8,13,20H,2-3,7,9-12,14H2,1H3,(H,21,24). The van der Waals surface area contributed by atoms with E-state index in [-0.39, 0.29) is 11.8 Å². The first-order valence-corrected chi connectivity index (χ1v) is 9.06. The van der Waals surface area contributed by atoms with E-state index in [9.17, 15) is 9.59 Å². The van der Waals surface area contributed by atoms with Crippen LogP contribution in [0.3, 0.4) is 0 Å². The van der Waals surface area contributed by atoms with Gasteiger partial charge >= 0.3 is 0 Å². The molecule has 0 unspecified atom stereocenters. The third-order valence-electron chi connectivity index (χ3n) is 4.55. The third-order valence-corrected chi connectivity index (χ3v) is 4.55. The molecule has 0 spiro atoms. The Morgan fingerprint density at radius 1 is 1.19 bits per heavy atom. The Bertz CT molecular complexity index is 765. The van der Waals surface area contributed by atoms with Crippen LogP contribution in [-0.2, 0) is 20.9 Å². The van der Waals surface area contributed by atoms with Gasteiger partial charge in [-0.25, -0.2) is 0 Å². The molecule has 26 heavy (non-hydrogen) atoms. The van der Waals surface area contributed by atoms with Crippen LogP contribution in [0.25, 0.3) is 10.9 Å². The molecule has 1 aliphatic heterocycles. The van der Waals surface area contributed by atoms with Crippen molar-refractivity contribution in [3.05, 3.63) is 30.5 Å². The van der Waals surface area contributed by atoms with Crippen molar-refractivity contribution in [2.24, 2.45) is 0 Å². The van der Waals surface area contributed by atoms with Crippen molar-refractivity contribution in [1.82, 2.24) is 14.8 Å². The van der Waals surface area contributed by atoms with Crippen molar-refractivity contribution in [2.75, 3.05) is 45.2 Å². The molecule has 1 aromatic heterocycles. The molecule has 2 heterocycles. The minimum Gasteiger partial charge on any atom is -0.378 e. The lowest BCUT2D eigenvalue weighted by Gasteiger charge is -2.27. The lowest BCUT2D eigenvalue weighted by molar-refractivity contribution is -0.135. The Morgan fingerprint density at radius 2 is 2.00 bits per heavy atom. The van der Waals surface area contributed by atoms with Gasteiger partial charge in [0.25, 0.3) is 0 Å². The van der Waals surface area contributed by atoms with Gasteiger partial charge in [-0.1, -0.05) is 0 Å². The fourth-order valence-electron chi connectivity index (χ4n) is 3.12. The van der Waals surface area contributed by atoms with Crippen molar-refractivity contribution < 1.29 is 14.3 Å². The van der Waals surface area contributed by atoms with Crippen molar-refractivity contribution >= 4 is 28.4 Å². The zero-order valence-electron chi connectivity index (χ0n) is 15.2. The van der Waals surface area contributed by atoms with Crippen LogP contribution in [-0.4, -0.2) is 61.2 Å². The summed E-state index contributed by atoms with van der Waals surface area (Å²) in [6.45, 7) is 3.67. The summed E-state index contributed by atoms with van der Waals surface area (Å²) in [4.78, 5) is 26.2. The van der Waals surface area contributed by atoms with Gasteiger partial charge in [0.05, 0.1) is 13.2 Å². The molecule has 0 radical (unpaired) electrons. The molecule has 3 rings (SSSR count). The summed E-state index contributed by atoms with van der Waals surface area (Å²) < 4.78 is 7.24. The fraction of sp³-hybridized carbons (Fsp3) is 0.474. The smallest absolute Gasteiger partial charge is 0.242 e. The maximum Gasteiger partial charge on any atom is 0.242 e. The molecule has 1 aromatic carbocycles. The van der Waals surface area contributed by atoms with Crippen molar-refractivity contribution in [3.63, 3.8) is 0 Å². The van der Waals surface area contributed by atoms with Gasteiger partial charge in [0, 0.05) is 42.3 Å². The normalized spacial score (nSPS) is 14.6. The number of nitrogens with zero attached hydrogens (tertiary/aromatic N) is 2. The number of benzene rings is 1. The average molecular weight is 358 g/mol. The number of nitrogens with one attached hydrogen (secondary N) is 2. The van der Waals surface area contributed by atoms with Crippen LogP contribution in [0.15, 0.2) is 30.5 Å². The minimum atomic E-state index is 0.0153. The number of fused-ring (bicyclic) bond motifs is 1. The fourth-order valence-corrected chi connectivity index (χ4v) is 3.12. The summed E-state index contributed by atoms with van der Waals surface area (Å²) in [7, 11) is 1.88. The van der Waals surface area contributed by atoms with E-state index in [2.05, 4.69) is 10.6 Å². The first-order chi connectivity index (χ1) is 12.7. The largest absolute Gasteiger partial charge is 0.378 e. The highest BCUT2D eigenvalue weighted by Gasteiger charge is 2.17. The van der Waals surface area contributed by atoms with E-state index < -0.39 is 0 Å². The van der Waals surface area contributed by atoms with Gasteiger partial charge in [0.15, 0.2) is 0 Å². The molecule has 0 bridgehead atoms. The Balaban J connectivity index is 1.63. The maximum atomic E-state index is 12.4. The number of anilines is 1. The number of hydrogen-bond donors (Lipinski definition) is 2. The van der Waals surface area contributed by atoms with Crippen molar-refractivity contribution in [3.8, 4) is 0 Å². The second kappa shape index (κ2) is 8.82. The molecule has 140 valence electrons. The molecular weight excluding hydrogens is 332 g/mol. The quantitative estimate of drug-likeness (QED) is 0.735. The summed E-state index contributed by atoms with van der Waals surface area (Å²) in [6, 6.07) is 7.75. The van der Waals surface area contributed by atoms with Gasteiger partial charge in [-0.2, -0.15) is 0 Å². The van der Waals surface area contributed by atoms with E-state index in [1.54, 1.807) is 0 Å². The number of carbonyl (C=O) groups is 2. The predicted octanol–water partition coefficient (Wildman–Crippen LogP) is 1.44. The molecule has 2 N–H and O–H groups in total. The molecule has 0 atom stereocenters. The number of aromatic nitrogens is 1. The van der Waals surface area contributed by atoms with E-state index in [1.165, 1.54) is 0 Å². The first-order valence-electron chi connectivity index (χ1n) is 9.06. The van der Waals surface area contributed by atoms with E-state index >= 15 is 0 Å². The highest BCUT2D eigenvalue weighted by Crippen LogP contribution is 2.21. The molecule has 7 heteroatoms. The molecule has 1 aliphatic rings. The second-order valence-corrected chi connectivity index (χ2v) is 6.47. The molecule has 1 saturated heterocycles. The van der Waals surface area contributed by atoms with Gasteiger partial charge in [-0.3, -0.25) is 9.59 Å². The van der Waals surface area contributed by atoms with Crippen LogP contribution in [0, 0.1) is 0 Å². The van der Waals surface area contributed by atoms with Gasteiger partial charge in [-0.15, -0.1) is 0 Å². The highest BCUT2D eigenvalue weighted by molar-refractivity contribution is 5.94. The predicted molar refractivity (Wildman–Crippen MR) is 101 cm³/mol. The highest BCUT2D eigenvalue weighted by atomic mass is 16.5. The lowest BCUT2D eigenvalue weighted by atomic mass is 10.2. The topological polar surface area (TPSA) is 75.6 Å². The zero-order chi connectivity index (χ0) is 18.4.